The van der Waals surface area contributed by atoms with E-state index >= 15 is 0 Å². The Hall–Kier alpha value is -1.46. The largest absolute Gasteiger partial charge is 0.480 e. The summed E-state index contributed by atoms with van der Waals surface area (Å²) in [7, 11) is 0. The number of carboxylic acid groups (broad SMARTS) is 1. The molecule has 0 heterocycles. The van der Waals surface area contributed by atoms with Gasteiger partial charge in [-0.1, -0.05) is 26.0 Å². The Balaban J connectivity index is 2.87. The Kier molecular flexibility index (Phi) is 6.30. The lowest BCUT2D eigenvalue weighted by Gasteiger charge is -2.29. The second kappa shape index (κ2) is 7.52. The zero-order valence-corrected chi connectivity index (χ0v) is 13.2. The van der Waals surface area contributed by atoms with E-state index in [0.29, 0.717) is 17.7 Å². The van der Waals surface area contributed by atoms with Crippen LogP contribution in [0.25, 0.3) is 0 Å². The molecule has 0 aliphatic rings. The van der Waals surface area contributed by atoms with Crippen molar-refractivity contribution in [2.24, 2.45) is 0 Å². The highest BCUT2D eigenvalue weighted by atomic mass is 19.1. The summed E-state index contributed by atoms with van der Waals surface area (Å²) in [6.45, 7) is 10.5. The van der Waals surface area contributed by atoms with Gasteiger partial charge in [0, 0.05) is 13.1 Å². The maximum atomic E-state index is 13.7. The summed E-state index contributed by atoms with van der Waals surface area (Å²) in [5.41, 5.74) is -0.353. The van der Waals surface area contributed by atoms with Crippen LogP contribution in [0.2, 0.25) is 0 Å². The summed E-state index contributed by atoms with van der Waals surface area (Å²) in [5, 5.41) is 12.6. The highest BCUT2D eigenvalue weighted by Crippen LogP contribution is 2.23. The number of aliphatic carboxylic acids is 1. The molecule has 0 saturated carbocycles. The van der Waals surface area contributed by atoms with Crippen molar-refractivity contribution in [2.45, 2.75) is 33.2 Å². The molecular weight excluding hydrogens is 271 g/mol. The molecule has 0 amide bonds. The van der Waals surface area contributed by atoms with Crippen molar-refractivity contribution in [3.05, 3.63) is 35.1 Å². The first kappa shape index (κ1) is 17.6. The van der Waals surface area contributed by atoms with E-state index in [2.05, 4.69) is 24.1 Å². The monoisotopic (exact) mass is 296 g/mol. The molecule has 0 bridgehead atoms. The van der Waals surface area contributed by atoms with Gasteiger partial charge in [-0.15, -0.1) is 0 Å². The molecule has 5 heteroatoms. The topological polar surface area (TPSA) is 52.6 Å². The lowest BCUT2D eigenvalue weighted by Crippen LogP contribution is -2.49. The molecule has 0 saturated heterocycles. The fraction of sp³-hybridized carbons (Fsp3) is 0.562. The van der Waals surface area contributed by atoms with Crippen LogP contribution in [0.1, 0.15) is 31.9 Å². The summed E-state index contributed by atoms with van der Waals surface area (Å²) < 4.78 is 13.7. The molecule has 1 rings (SSSR count). The van der Waals surface area contributed by atoms with E-state index in [4.69, 9.17) is 0 Å². The molecule has 0 aromatic heterocycles. The van der Waals surface area contributed by atoms with Crippen molar-refractivity contribution in [3.8, 4) is 0 Å². The first-order chi connectivity index (χ1) is 9.85. The summed E-state index contributed by atoms with van der Waals surface area (Å²) in [4.78, 5) is 13.8. The summed E-state index contributed by atoms with van der Waals surface area (Å²) >= 11 is 0. The predicted molar refractivity (Wildman–Crippen MR) is 81.9 cm³/mol. The van der Waals surface area contributed by atoms with Crippen molar-refractivity contribution in [1.82, 2.24) is 10.2 Å². The molecular formula is C16H25FN2O2. The van der Waals surface area contributed by atoms with Gasteiger partial charge in [0.1, 0.15) is 11.4 Å². The van der Waals surface area contributed by atoms with Crippen LogP contribution in [-0.4, -0.2) is 42.2 Å². The highest BCUT2D eigenvalue weighted by Gasteiger charge is 2.35. The minimum atomic E-state index is -1.29. The lowest BCUT2D eigenvalue weighted by atomic mass is 9.91. The predicted octanol–water partition coefficient (Wildman–Crippen LogP) is 2.37. The smallest absolute Gasteiger partial charge is 0.328 e. The minimum Gasteiger partial charge on any atom is -0.480 e. The molecule has 0 aliphatic heterocycles. The van der Waals surface area contributed by atoms with Gasteiger partial charge in [0.25, 0.3) is 0 Å². The van der Waals surface area contributed by atoms with Crippen LogP contribution in [0.3, 0.4) is 0 Å². The van der Waals surface area contributed by atoms with E-state index in [0.717, 1.165) is 19.6 Å². The van der Waals surface area contributed by atoms with Crippen LogP contribution in [0.5, 0.6) is 0 Å². The molecule has 0 fully saturated rings. The van der Waals surface area contributed by atoms with Gasteiger partial charge in [-0.2, -0.15) is 0 Å². The third-order valence-electron chi connectivity index (χ3n) is 3.98. The fourth-order valence-corrected chi connectivity index (χ4v) is 2.21. The van der Waals surface area contributed by atoms with Gasteiger partial charge in [-0.3, -0.25) is 5.32 Å². The van der Waals surface area contributed by atoms with Gasteiger partial charge in [-0.25, -0.2) is 9.18 Å². The van der Waals surface area contributed by atoms with Gasteiger partial charge < -0.3 is 10.0 Å². The summed E-state index contributed by atoms with van der Waals surface area (Å²) in [6, 6.07) is 4.57. The van der Waals surface area contributed by atoms with E-state index in [1.807, 2.05) is 0 Å². The minimum absolute atomic E-state index is 0.384. The molecule has 1 atom stereocenters. The van der Waals surface area contributed by atoms with Crippen molar-refractivity contribution >= 4 is 5.97 Å². The van der Waals surface area contributed by atoms with Crippen LogP contribution in [-0.2, 0) is 10.3 Å². The highest BCUT2D eigenvalue weighted by molar-refractivity contribution is 5.80. The van der Waals surface area contributed by atoms with E-state index in [1.165, 1.54) is 6.07 Å². The van der Waals surface area contributed by atoms with E-state index in [9.17, 15) is 14.3 Å². The van der Waals surface area contributed by atoms with Gasteiger partial charge >= 0.3 is 5.97 Å². The van der Waals surface area contributed by atoms with Gasteiger partial charge in [0.05, 0.1) is 0 Å². The number of hydrogen-bond acceptors (Lipinski definition) is 3. The van der Waals surface area contributed by atoms with E-state index < -0.39 is 11.5 Å². The Labute approximate surface area is 126 Å². The molecule has 0 spiro atoms. The van der Waals surface area contributed by atoms with Crippen LogP contribution in [0, 0.1) is 12.7 Å². The zero-order valence-electron chi connectivity index (χ0n) is 13.2. The molecule has 0 radical (unpaired) electrons. The molecule has 1 unspecified atom stereocenters. The summed E-state index contributed by atoms with van der Waals surface area (Å²) in [6.07, 6.45) is 0. The Morgan fingerprint density at radius 2 is 2.00 bits per heavy atom. The second-order valence-corrected chi connectivity index (χ2v) is 5.35. The first-order valence-corrected chi connectivity index (χ1v) is 7.32. The number of benzene rings is 1. The first-order valence-electron chi connectivity index (χ1n) is 7.32. The maximum Gasteiger partial charge on any atom is 0.328 e. The second-order valence-electron chi connectivity index (χ2n) is 5.35. The molecule has 4 nitrogen and oxygen atoms in total. The van der Waals surface area contributed by atoms with Crippen LogP contribution in [0.4, 0.5) is 4.39 Å². The van der Waals surface area contributed by atoms with Crippen LogP contribution in [0.15, 0.2) is 18.2 Å². The van der Waals surface area contributed by atoms with Crippen molar-refractivity contribution < 1.29 is 14.3 Å². The van der Waals surface area contributed by atoms with Gasteiger partial charge in [0.2, 0.25) is 0 Å². The number of likely N-dealkylation sites (N-methyl/N-ethyl adjacent to an activating group) is 1. The average Bonchev–Trinajstić information content (AvgIpc) is 2.46. The number of carboxylic acids is 1. The van der Waals surface area contributed by atoms with Crippen molar-refractivity contribution in [1.29, 1.82) is 0 Å². The van der Waals surface area contributed by atoms with Gasteiger partial charge in [-0.05, 0) is 44.1 Å². The number of nitrogens with zero attached hydrogens (tertiary/aromatic N) is 1. The zero-order chi connectivity index (χ0) is 16.0. The van der Waals surface area contributed by atoms with E-state index in [1.54, 1.807) is 26.0 Å². The molecule has 1 aromatic rings. The normalized spacial score (nSPS) is 14.2. The van der Waals surface area contributed by atoms with Gasteiger partial charge in [0.15, 0.2) is 0 Å². The quantitative estimate of drug-likeness (QED) is 0.773. The molecule has 118 valence electrons. The number of halogens is 1. The standard InChI is InChI=1S/C16H25FN2O2/c1-5-19(6-2)10-9-18-16(4,15(20)21)13-8-7-12(3)14(17)11-13/h7-8,11,18H,5-6,9-10H2,1-4H3,(H,20,21). The number of aryl methyl sites for hydroxylation is 1. The number of carbonyl (C=O) groups is 1. The SMILES string of the molecule is CCN(CC)CCNC(C)(C(=O)O)c1ccc(C)c(F)c1. The average molecular weight is 296 g/mol. The molecule has 0 aliphatic carbocycles. The Morgan fingerprint density at radius 3 is 2.48 bits per heavy atom. The van der Waals surface area contributed by atoms with Crippen molar-refractivity contribution in [3.63, 3.8) is 0 Å². The van der Waals surface area contributed by atoms with Crippen LogP contribution >= 0.6 is 0 Å². The molecule has 21 heavy (non-hydrogen) atoms. The maximum absolute atomic E-state index is 13.7. The Morgan fingerprint density at radius 1 is 1.38 bits per heavy atom. The van der Waals surface area contributed by atoms with Crippen molar-refractivity contribution in [2.75, 3.05) is 26.2 Å². The number of hydrogen-bond donors (Lipinski definition) is 2. The third-order valence-corrected chi connectivity index (χ3v) is 3.98. The Bertz CT molecular complexity index is 489. The third kappa shape index (κ3) is 4.25. The molecule has 2 N–H and O–H groups in total. The summed E-state index contributed by atoms with van der Waals surface area (Å²) in [5.74, 6) is -1.39. The number of rotatable bonds is 8. The molecule has 1 aromatic carbocycles. The lowest BCUT2D eigenvalue weighted by molar-refractivity contribution is -0.144. The van der Waals surface area contributed by atoms with Crippen LogP contribution < -0.4 is 5.32 Å². The number of nitrogens with one attached hydrogen (secondary N) is 1. The fourth-order valence-electron chi connectivity index (χ4n) is 2.21. The van der Waals surface area contributed by atoms with E-state index in [-0.39, 0.29) is 5.82 Å².